The molecule has 0 saturated carbocycles. The third-order valence-electron chi connectivity index (χ3n) is 2.09. The van der Waals surface area contributed by atoms with Crippen molar-refractivity contribution in [3.05, 3.63) is 36.8 Å². The summed E-state index contributed by atoms with van der Waals surface area (Å²) in [5.41, 5.74) is 5.45. The Labute approximate surface area is 127 Å². The minimum absolute atomic E-state index is 0.529. The van der Waals surface area contributed by atoms with Crippen LogP contribution in [0.4, 0.5) is 0 Å². The van der Waals surface area contributed by atoms with Crippen LogP contribution in [0.1, 0.15) is 12.8 Å². The van der Waals surface area contributed by atoms with Crippen molar-refractivity contribution in [1.29, 1.82) is 0 Å². The first-order valence-electron chi connectivity index (χ1n) is 6.64. The quantitative estimate of drug-likeness (QED) is 0.251. The van der Waals surface area contributed by atoms with E-state index in [9.17, 15) is 8.42 Å². The van der Waals surface area contributed by atoms with E-state index in [1.807, 2.05) is 12.2 Å². The average Bonchev–Trinajstić information content (AvgIpc) is 2.40. The van der Waals surface area contributed by atoms with E-state index in [1.165, 1.54) is 12.8 Å². The second kappa shape index (κ2) is 16.9. The van der Waals surface area contributed by atoms with Crippen LogP contribution in [0.15, 0.2) is 36.8 Å². The predicted octanol–water partition coefficient (Wildman–Crippen LogP) is 0.495. The highest BCUT2D eigenvalue weighted by Crippen LogP contribution is 1.84. The Hall–Kier alpha value is -1.17. The van der Waals surface area contributed by atoms with Gasteiger partial charge in [0.05, 0.1) is 12.4 Å². The van der Waals surface area contributed by atoms with E-state index in [1.54, 1.807) is 0 Å². The van der Waals surface area contributed by atoms with Gasteiger partial charge >= 0.3 is 0 Å². The Kier molecular flexibility index (Phi) is 17.8. The molecule has 122 valence electrons. The van der Waals surface area contributed by atoms with Crippen LogP contribution in [0.5, 0.6) is 0 Å². The molecule has 0 amide bonds. The zero-order valence-electron chi connectivity index (χ0n) is 12.3. The maximum Gasteiger partial charge on any atom is 0.267 e. The third kappa shape index (κ3) is 27.9. The predicted molar refractivity (Wildman–Crippen MR) is 85.9 cm³/mol. The SMILES string of the molecule is C=C=CCNCCCCNCC=C=C.O=S(=O)(O)CCO. The van der Waals surface area contributed by atoms with Gasteiger partial charge in [-0.05, 0) is 38.1 Å². The summed E-state index contributed by atoms with van der Waals surface area (Å²) in [6.45, 7) is 10.3. The molecule has 0 aliphatic rings. The molecule has 0 heterocycles. The molecule has 0 saturated heterocycles. The van der Waals surface area contributed by atoms with Gasteiger partial charge in [-0.2, -0.15) is 8.42 Å². The maximum atomic E-state index is 9.63. The molecule has 0 rings (SSSR count). The minimum Gasteiger partial charge on any atom is -0.395 e. The van der Waals surface area contributed by atoms with Crippen LogP contribution in [0.25, 0.3) is 0 Å². The zero-order chi connectivity index (χ0) is 16.4. The number of rotatable bonds is 11. The first-order chi connectivity index (χ1) is 9.97. The van der Waals surface area contributed by atoms with E-state index in [-0.39, 0.29) is 0 Å². The summed E-state index contributed by atoms with van der Waals surface area (Å²) in [7, 11) is -3.92. The summed E-state index contributed by atoms with van der Waals surface area (Å²) < 4.78 is 27.1. The summed E-state index contributed by atoms with van der Waals surface area (Å²) in [4.78, 5) is 0. The van der Waals surface area contributed by atoms with Gasteiger partial charge in [-0.15, -0.1) is 11.5 Å². The van der Waals surface area contributed by atoms with Crippen molar-refractivity contribution in [3.63, 3.8) is 0 Å². The molecule has 0 spiro atoms. The molecule has 0 unspecified atom stereocenters. The largest absolute Gasteiger partial charge is 0.395 e. The average molecular weight is 318 g/mol. The lowest BCUT2D eigenvalue weighted by atomic mass is 10.3. The molecule has 0 aromatic rings. The lowest BCUT2D eigenvalue weighted by Crippen LogP contribution is -2.18. The molecular weight excluding hydrogens is 292 g/mol. The molecule has 0 atom stereocenters. The molecule has 0 fully saturated rings. The van der Waals surface area contributed by atoms with Crippen molar-refractivity contribution >= 4 is 10.1 Å². The van der Waals surface area contributed by atoms with Crippen LogP contribution in [0.2, 0.25) is 0 Å². The maximum absolute atomic E-state index is 9.63. The van der Waals surface area contributed by atoms with E-state index in [0.29, 0.717) is 0 Å². The summed E-state index contributed by atoms with van der Waals surface area (Å²) in [6, 6.07) is 0. The van der Waals surface area contributed by atoms with Gasteiger partial charge in [-0.25, -0.2) is 0 Å². The van der Waals surface area contributed by atoms with Gasteiger partial charge in [0.25, 0.3) is 10.1 Å². The molecule has 0 aliphatic heterocycles. The van der Waals surface area contributed by atoms with Crippen LogP contribution in [0.3, 0.4) is 0 Å². The Morgan fingerprint density at radius 2 is 1.43 bits per heavy atom. The fourth-order valence-electron chi connectivity index (χ4n) is 1.11. The fraction of sp³-hybridized carbons (Fsp3) is 0.571. The molecule has 0 aromatic heterocycles. The molecule has 0 aromatic carbocycles. The molecule has 6 nitrogen and oxygen atoms in total. The van der Waals surface area contributed by atoms with Gasteiger partial charge in [-0.1, -0.05) is 13.2 Å². The Morgan fingerprint density at radius 1 is 1.00 bits per heavy atom. The molecule has 0 aliphatic carbocycles. The summed E-state index contributed by atoms with van der Waals surface area (Å²) in [5, 5.41) is 14.4. The second-order valence-electron chi connectivity index (χ2n) is 3.94. The molecule has 7 heteroatoms. The summed E-state index contributed by atoms with van der Waals surface area (Å²) in [5.74, 6) is -0.576. The summed E-state index contributed by atoms with van der Waals surface area (Å²) >= 11 is 0. The van der Waals surface area contributed by atoms with Gasteiger partial charge in [-0.3, -0.25) is 4.55 Å². The number of hydrogen-bond donors (Lipinski definition) is 4. The number of unbranched alkanes of at least 4 members (excludes halogenated alkanes) is 1. The smallest absolute Gasteiger partial charge is 0.267 e. The molecule has 4 N–H and O–H groups in total. The Bertz CT molecular complexity index is 398. The van der Waals surface area contributed by atoms with Gasteiger partial charge in [0.1, 0.15) is 0 Å². The topological polar surface area (TPSA) is 98.7 Å². The van der Waals surface area contributed by atoms with Crippen molar-refractivity contribution in [3.8, 4) is 0 Å². The zero-order valence-corrected chi connectivity index (χ0v) is 13.2. The van der Waals surface area contributed by atoms with E-state index in [0.717, 1.165) is 26.2 Å². The molecule has 0 bridgehead atoms. The number of hydrogen-bond acceptors (Lipinski definition) is 5. The van der Waals surface area contributed by atoms with Gasteiger partial charge < -0.3 is 15.7 Å². The van der Waals surface area contributed by atoms with E-state index in [4.69, 9.17) is 9.66 Å². The first-order valence-corrected chi connectivity index (χ1v) is 8.25. The fourth-order valence-corrected chi connectivity index (χ4v) is 1.34. The lowest BCUT2D eigenvalue weighted by molar-refractivity contribution is 0.315. The number of aliphatic hydroxyl groups excluding tert-OH is 1. The number of nitrogens with one attached hydrogen (secondary N) is 2. The van der Waals surface area contributed by atoms with Gasteiger partial charge in [0.15, 0.2) is 0 Å². The third-order valence-corrected chi connectivity index (χ3v) is 2.79. The standard InChI is InChI=1S/C12H20N2.C2H6O4S/c1-3-5-9-13-11-7-8-12-14-10-6-4-2;3-1-2-7(4,5)6/h5-6,13-14H,1-2,7-12H2;3H,1-2H2,(H,4,5,6). The molecular formula is C14H26N2O4S. The van der Waals surface area contributed by atoms with E-state index in [2.05, 4.69) is 35.3 Å². The van der Waals surface area contributed by atoms with Crippen LogP contribution in [-0.4, -0.2) is 56.6 Å². The van der Waals surface area contributed by atoms with Crippen LogP contribution in [-0.2, 0) is 10.1 Å². The minimum atomic E-state index is -3.92. The second-order valence-corrected chi connectivity index (χ2v) is 5.51. The number of aliphatic hydroxyl groups is 1. The van der Waals surface area contributed by atoms with Crippen LogP contribution in [0, 0.1) is 0 Å². The highest BCUT2D eigenvalue weighted by atomic mass is 32.2. The van der Waals surface area contributed by atoms with Gasteiger partial charge in [0.2, 0.25) is 0 Å². The van der Waals surface area contributed by atoms with Crippen molar-refractivity contribution < 1.29 is 18.1 Å². The monoisotopic (exact) mass is 318 g/mol. The van der Waals surface area contributed by atoms with Crippen molar-refractivity contribution in [1.82, 2.24) is 10.6 Å². The normalized spacial score (nSPS) is 9.81. The van der Waals surface area contributed by atoms with E-state index >= 15 is 0 Å². The highest BCUT2D eigenvalue weighted by Gasteiger charge is 1.99. The van der Waals surface area contributed by atoms with Crippen LogP contribution >= 0.6 is 0 Å². The van der Waals surface area contributed by atoms with Crippen molar-refractivity contribution in [2.75, 3.05) is 38.5 Å². The molecule has 21 heavy (non-hydrogen) atoms. The molecule has 0 radical (unpaired) electrons. The van der Waals surface area contributed by atoms with Crippen LogP contribution < -0.4 is 10.6 Å². The first kappa shape index (κ1) is 22.1. The Morgan fingerprint density at radius 3 is 1.67 bits per heavy atom. The summed E-state index contributed by atoms with van der Waals surface area (Å²) in [6.07, 6.45) is 6.17. The van der Waals surface area contributed by atoms with Crippen molar-refractivity contribution in [2.45, 2.75) is 12.8 Å². The van der Waals surface area contributed by atoms with Crippen molar-refractivity contribution in [2.24, 2.45) is 0 Å². The Balaban J connectivity index is 0. The van der Waals surface area contributed by atoms with Gasteiger partial charge in [0, 0.05) is 13.1 Å². The lowest BCUT2D eigenvalue weighted by Gasteiger charge is -2.02. The van der Waals surface area contributed by atoms with E-state index < -0.39 is 22.5 Å². The highest BCUT2D eigenvalue weighted by molar-refractivity contribution is 7.85.